The third-order valence-corrected chi connectivity index (χ3v) is 4.80. The summed E-state index contributed by atoms with van der Waals surface area (Å²) in [5, 5.41) is 15.3. The Bertz CT molecular complexity index is 829. The quantitative estimate of drug-likeness (QED) is 0.674. The minimum atomic E-state index is -0.650. The molecule has 3 rings (SSSR count). The maximum absolute atomic E-state index is 12.5. The second-order valence-electron chi connectivity index (χ2n) is 6.85. The summed E-state index contributed by atoms with van der Waals surface area (Å²) in [5.41, 5.74) is 1.64. The Morgan fingerprint density at radius 3 is 2.84 bits per heavy atom. The molecule has 2 aromatic rings. The molecule has 0 radical (unpaired) electrons. The van der Waals surface area contributed by atoms with Gasteiger partial charge in [-0.25, -0.2) is 0 Å². The maximum atomic E-state index is 12.5. The highest BCUT2D eigenvalue weighted by Crippen LogP contribution is 2.45. The van der Waals surface area contributed by atoms with Crippen LogP contribution in [-0.2, 0) is 16.0 Å². The number of amides is 2. The van der Waals surface area contributed by atoms with Crippen LogP contribution in [0.25, 0.3) is 10.9 Å². The van der Waals surface area contributed by atoms with Gasteiger partial charge in [0.1, 0.15) is 6.04 Å². The summed E-state index contributed by atoms with van der Waals surface area (Å²) in [7, 11) is 0. The lowest BCUT2D eigenvalue weighted by molar-refractivity contribution is -0.131. The first-order chi connectivity index (χ1) is 12.0. The van der Waals surface area contributed by atoms with E-state index in [1.165, 1.54) is 0 Å². The number of nitriles is 1. The summed E-state index contributed by atoms with van der Waals surface area (Å²) >= 11 is 0. The van der Waals surface area contributed by atoms with Crippen LogP contribution in [0, 0.1) is 16.7 Å². The predicted octanol–water partition coefficient (Wildman–Crippen LogP) is 2.03. The van der Waals surface area contributed by atoms with Crippen molar-refractivity contribution in [1.29, 1.82) is 5.26 Å². The summed E-state index contributed by atoms with van der Waals surface area (Å²) in [4.78, 5) is 28.1. The Morgan fingerprint density at radius 2 is 2.12 bits per heavy atom. The molecule has 1 aromatic heterocycles. The molecule has 3 N–H and O–H groups in total. The van der Waals surface area contributed by atoms with E-state index in [2.05, 4.69) is 15.6 Å². The smallest absolute Gasteiger partial charge is 0.242 e. The summed E-state index contributed by atoms with van der Waals surface area (Å²) < 4.78 is 0. The van der Waals surface area contributed by atoms with Gasteiger partial charge in [-0.2, -0.15) is 5.26 Å². The molecule has 1 aliphatic rings. The van der Waals surface area contributed by atoms with Crippen molar-refractivity contribution in [3.8, 4) is 6.07 Å². The van der Waals surface area contributed by atoms with Gasteiger partial charge in [0.15, 0.2) is 0 Å². The number of nitrogens with one attached hydrogen (secondary N) is 3. The fourth-order valence-electron chi connectivity index (χ4n) is 2.84. The van der Waals surface area contributed by atoms with Crippen molar-refractivity contribution in [3.63, 3.8) is 0 Å². The normalized spacial score (nSPS) is 16.0. The van der Waals surface area contributed by atoms with E-state index in [-0.39, 0.29) is 30.2 Å². The number of aromatic nitrogens is 1. The number of H-pyrrole nitrogens is 1. The van der Waals surface area contributed by atoms with Gasteiger partial charge in [-0.15, -0.1) is 0 Å². The number of hydrogen-bond donors (Lipinski definition) is 3. The molecule has 1 heterocycles. The van der Waals surface area contributed by atoms with Gasteiger partial charge in [0, 0.05) is 35.5 Å². The Balaban J connectivity index is 1.76. The van der Waals surface area contributed by atoms with Gasteiger partial charge in [0.25, 0.3) is 0 Å². The molecule has 0 aliphatic heterocycles. The largest absolute Gasteiger partial charge is 0.361 e. The lowest BCUT2D eigenvalue weighted by Gasteiger charge is -2.20. The van der Waals surface area contributed by atoms with Gasteiger partial charge in [-0.1, -0.05) is 25.1 Å². The molecule has 1 atom stereocenters. The Kier molecular flexibility index (Phi) is 4.75. The fourth-order valence-corrected chi connectivity index (χ4v) is 2.84. The van der Waals surface area contributed by atoms with E-state index in [1.54, 1.807) is 0 Å². The second kappa shape index (κ2) is 6.98. The molecule has 1 aromatic carbocycles. The molecule has 6 heteroatoms. The van der Waals surface area contributed by atoms with Crippen LogP contribution in [0.15, 0.2) is 30.5 Å². The van der Waals surface area contributed by atoms with Crippen LogP contribution in [0.2, 0.25) is 0 Å². The maximum Gasteiger partial charge on any atom is 0.242 e. The van der Waals surface area contributed by atoms with Crippen molar-refractivity contribution in [2.75, 3.05) is 6.54 Å². The van der Waals surface area contributed by atoms with Crippen molar-refractivity contribution in [1.82, 2.24) is 15.6 Å². The van der Waals surface area contributed by atoms with E-state index in [0.29, 0.717) is 6.42 Å². The number of carbonyl (C=O) groups is 2. The Hall–Kier alpha value is -2.81. The molecule has 0 bridgehead atoms. The predicted molar refractivity (Wildman–Crippen MR) is 94.5 cm³/mol. The van der Waals surface area contributed by atoms with Crippen LogP contribution in [0.4, 0.5) is 0 Å². The summed E-state index contributed by atoms with van der Waals surface area (Å²) in [5.74, 6) is -0.328. The highest BCUT2D eigenvalue weighted by atomic mass is 16.2. The first-order valence-electron chi connectivity index (χ1n) is 8.54. The molecular weight excluding hydrogens is 316 g/mol. The minimum absolute atomic E-state index is 0.0761. The lowest BCUT2D eigenvalue weighted by atomic mass is 10.0. The highest BCUT2D eigenvalue weighted by Gasteiger charge is 2.45. The number of benzene rings is 1. The van der Waals surface area contributed by atoms with Crippen LogP contribution >= 0.6 is 0 Å². The van der Waals surface area contributed by atoms with Crippen molar-refractivity contribution in [2.45, 2.75) is 38.6 Å². The highest BCUT2D eigenvalue weighted by molar-refractivity contribution is 5.92. The number of fused-ring (bicyclic) bond motifs is 1. The van der Waals surface area contributed by atoms with Crippen molar-refractivity contribution >= 4 is 22.7 Å². The van der Waals surface area contributed by atoms with Gasteiger partial charge in [0.2, 0.25) is 11.8 Å². The van der Waals surface area contributed by atoms with E-state index in [1.807, 2.05) is 43.5 Å². The summed E-state index contributed by atoms with van der Waals surface area (Å²) in [6.45, 7) is 2.20. The molecular formula is C19H22N4O2. The monoisotopic (exact) mass is 338 g/mol. The molecule has 0 spiro atoms. The molecule has 1 saturated carbocycles. The zero-order chi connectivity index (χ0) is 17.9. The molecule has 1 fully saturated rings. The molecule has 6 nitrogen and oxygen atoms in total. The van der Waals surface area contributed by atoms with Crippen LogP contribution in [-0.4, -0.2) is 29.4 Å². The van der Waals surface area contributed by atoms with Gasteiger partial charge >= 0.3 is 0 Å². The number of para-hydroxylation sites is 1. The first kappa shape index (κ1) is 17.0. The standard InChI is InChI=1S/C19H22N4O2/c1-19(7-8-19)18(25)23-16(17(24)21-10-4-9-20)11-13-12-22-15-6-3-2-5-14(13)15/h2-3,5-6,12,16,22H,4,7-8,10-11H2,1H3,(H,21,24)(H,23,25). The lowest BCUT2D eigenvalue weighted by Crippen LogP contribution is -2.49. The SMILES string of the molecule is CC1(C(=O)NC(Cc2c[nH]c3ccccc23)C(=O)NCCC#N)CC1. The van der Waals surface area contributed by atoms with Crippen molar-refractivity contribution in [2.24, 2.45) is 5.41 Å². The first-order valence-corrected chi connectivity index (χ1v) is 8.54. The molecule has 25 heavy (non-hydrogen) atoms. The minimum Gasteiger partial charge on any atom is -0.361 e. The van der Waals surface area contributed by atoms with Crippen molar-refractivity contribution in [3.05, 3.63) is 36.0 Å². The van der Waals surface area contributed by atoms with Crippen molar-refractivity contribution < 1.29 is 9.59 Å². The zero-order valence-corrected chi connectivity index (χ0v) is 14.3. The van der Waals surface area contributed by atoms with Crippen LogP contribution in [0.1, 0.15) is 31.7 Å². The average molecular weight is 338 g/mol. The average Bonchev–Trinajstić information content (AvgIpc) is 3.24. The number of rotatable bonds is 7. The third kappa shape index (κ3) is 3.82. The van der Waals surface area contributed by atoms with Gasteiger partial charge in [-0.3, -0.25) is 9.59 Å². The molecule has 1 unspecified atom stereocenters. The number of carbonyl (C=O) groups excluding carboxylic acids is 2. The van der Waals surface area contributed by atoms with Gasteiger partial charge in [-0.05, 0) is 24.5 Å². The van der Waals surface area contributed by atoms with Gasteiger partial charge in [0.05, 0.1) is 12.5 Å². The van der Waals surface area contributed by atoms with Crippen LogP contribution in [0.3, 0.4) is 0 Å². The van der Waals surface area contributed by atoms with E-state index < -0.39 is 6.04 Å². The molecule has 130 valence electrons. The summed E-state index contributed by atoms with van der Waals surface area (Å²) in [6.07, 6.45) is 4.25. The fraction of sp³-hybridized carbons (Fsp3) is 0.421. The summed E-state index contributed by atoms with van der Waals surface area (Å²) in [6, 6.07) is 9.22. The van der Waals surface area contributed by atoms with Crippen LogP contribution in [0.5, 0.6) is 0 Å². The molecule has 0 saturated heterocycles. The Morgan fingerprint density at radius 1 is 1.36 bits per heavy atom. The third-order valence-electron chi connectivity index (χ3n) is 4.80. The molecule has 1 aliphatic carbocycles. The zero-order valence-electron chi connectivity index (χ0n) is 14.3. The van der Waals surface area contributed by atoms with E-state index >= 15 is 0 Å². The Labute approximate surface area is 146 Å². The van der Waals surface area contributed by atoms with Gasteiger partial charge < -0.3 is 15.6 Å². The number of aromatic amines is 1. The number of hydrogen-bond acceptors (Lipinski definition) is 3. The van der Waals surface area contributed by atoms with E-state index in [4.69, 9.17) is 5.26 Å². The van der Waals surface area contributed by atoms with E-state index in [9.17, 15) is 9.59 Å². The van der Waals surface area contributed by atoms with Crippen LogP contribution < -0.4 is 10.6 Å². The molecule has 2 amide bonds. The topological polar surface area (TPSA) is 97.8 Å². The van der Waals surface area contributed by atoms with E-state index in [0.717, 1.165) is 29.3 Å². The number of nitrogens with zero attached hydrogens (tertiary/aromatic N) is 1. The second-order valence-corrected chi connectivity index (χ2v) is 6.85.